The molecule has 0 amide bonds. The van der Waals surface area contributed by atoms with Crippen molar-refractivity contribution in [1.29, 1.82) is 0 Å². The van der Waals surface area contributed by atoms with Crippen molar-refractivity contribution in [3.63, 3.8) is 0 Å². The smallest absolute Gasteiger partial charge is 0.268 e. The highest BCUT2D eigenvalue weighted by Crippen LogP contribution is 2.36. The van der Waals surface area contributed by atoms with Crippen molar-refractivity contribution in [3.8, 4) is 5.75 Å². The van der Waals surface area contributed by atoms with Crippen molar-refractivity contribution in [1.82, 2.24) is 0 Å². The highest BCUT2D eigenvalue weighted by Gasteiger charge is 2.29. The Morgan fingerprint density at radius 1 is 0.794 bits per heavy atom. The molecule has 0 saturated carbocycles. The van der Waals surface area contributed by atoms with Crippen LogP contribution in [0.4, 0.5) is 5.69 Å². The summed E-state index contributed by atoms with van der Waals surface area (Å²) in [6.45, 7) is 1.93. The van der Waals surface area contributed by atoms with Gasteiger partial charge in [0.1, 0.15) is 5.75 Å². The molecule has 6 heteroatoms. The van der Waals surface area contributed by atoms with Gasteiger partial charge in [-0.1, -0.05) is 78.0 Å². The highest BCUT2D eigenvalue weighted by atomic mass is 32.2. The fourth-order valence-electron chi connectivity index (χ4n) is 3.41. The molecule has 0 aromatic heterocycles. The van der Waals surface area contributed by atoms with E-state index in [0.717, 1.165) is 16.0 Å². The molecule has 0 aliphatic carbocycles. The van der Waals surface area contributed by atoms with Crippen LogP contribution in [0.25, 0.3) is 5.70 Å². The quantitative estimate of drug-likeness (QED) is 0.251. The normalized spacial score (nSPS) is 11.8. The summed E-state index contributed by atoms with van der Waals surface area (Å²) >= 11 is 1.47. The fraction of sp³-hybridized carbons (Fsp3) is 0.0714. The molecule has 0 aliphatic heterocycles. The summed E-state index contributed by atoms with van der Waals surface area (Å²) in [5.74, 6) is 0.653. The van der Waals surface area contributed by atoms with Crippen LogP contribution in [0.1, 0.15) is 11.1 Å². The molecule has 4 aromatic rings. The van der Waals surface area contributed by atoms with Gasteiger partial charge >= 0.3 is 0 Å². The predicted molar refractivity (Wildman–Crippen MR) is 141 cm³/mol. The third-order valence-electron chi connectivity index (χ3n) is 5.20. The number of aryl methyl sites for hydroxylation is 1. The van der Waals surface area contributed by atoms with E-state index in [1.165, 1.54) is 16.1 Å². The lowest BCUT2D eigenvalue weighted by Crippen LogP contribution is -2.29. The number of methoxy groups -OCH3 is 1. The average molecular weight is 488 g/mol. The molecule has 0 heterocycles. The van der Waals surface area contributed by atoms with Crippen LogP contribution in [0.5, 0.6) is 5.75 Å². The molecule has 0 fully saturated rings. The van der Waals surface area contributed by atoms with Crippen LogP contribution in [0.3, 0.4) is 0 Å². The molecule has 0 radical (unpaired) electrons. The van der Waals surface area contributed by atoms with Crippen molar-refractivity contribution in [2.45, 2.75) is 16.7 Å². The number of hydrogen-bond acceptors (Lipinski definition) is 4. The molecule has 0 unspecified atom stereocenters. The molecule has 0 atom stereocenters. The second-order valence-electron chi connectivity index (χ2n) is 7.58. The van der Waals surface area contributed by atoms with Gasteiger partial charge in [0.15, 0.2) is 0 Å². The number of benzene rings is 4. The molecule has 0 saturated heterocycles. The summed E-state index contributed by atoms with van der Waals surface area (Å²) in [4.78, 5) is 1.24. The highest BCUT2D eigenvalue weighted by molar-refractivity contribution is 8.02. The van der Waals surface area contributed by atoms with Gasteiger partial charge in [0.05, 0.1) is 23.4 Å². The van der Waals surface area contributed by atoms with Gasteiger partial charge in [0.25, 0.3) is 10.0 Å². The van der Waals surface area contributed by atoms with Crippen molar-refractivity contribution >= 4 is 33.2 Å². The minimum absolute atomic E-state index is 0.223. The lowest BCUT2D eigenvalue weighted by Gasteiger charge is -2.27. The second kappa shape index (κ2) is 10.6. The molecule has 0 spiro atoms. The number of sulfonamides is 1. The van der Waals surface area contributed by atoms with Crippen LogP contribution in [0, 0.1) is 6.92 Å². The van der Waals surface area contributed by atoms with Gasteiger partial charge in [-0.2, -0.15) is 0 Å². The van der Waals surface area contributed by atoms with Gasteiger partial charge in [0.2, 0.25) is 0 Å². The van der Waals surface area contributed by atoms with E-state index in [9.17, 15) is 8.42 Å². The van der Waals surface area contributed by atoms with Crippen molar-refractivity contribution in [2.24, 2.45) is 0 Å². The maximum atomic E-state index is 14.1. The van der Waals surface area contributed by atoms with Crippen molar-refractivity contribution in [3.05, 3.63) is 126 Å². The van der Waals surface area contributed by atoms with E-state index in [1.54, 1.807) is 43.5 Å². The first-order chi connectivity index (χ1) is 16.5. The number of anilines is 1. The molecule has 34 heavy (non-hydrogen) atoms. The summed E-state index contributed by atoms with van der Waals surface area (Å²) in [7, 11) is -2.35. The minimum Gasteiger partial charge on any atom is -0.497 e. The topological polar surface area (TPSA) is 46.6 Å². The van der Waals surface area contributed by atoms with E-state index >= 15 is 0 Å². The SMILES string of the molecule is COc1ccc(N(/C(=C\Sc2ccccc2)c2ccccc2)S(=O)(=O)c2ccc(C)cc2)cc1. The zero-order valence-electron chi connectivity index (χ0n) is 19.0. The van der Waals surface area contributed by atoms with Gasteiger partial charge in [-0.15, -0.1) is 0 Å². The molecular formula is C28H25NO3S2. The van der Waals surface area contributed by atoms with Crippen LogP contribution >= 0.6 is 11.8 Å². The Bertz CT molecular complexity index is 1350. The summed E-state index contributed by atoms with van der Waals surface area (Å²) in [5, 5.41) is 1.89. The molecular weight excluding hydrogens is 462 g/mol. The summed E-state index contributed by atoms with van der Waals surface area (Å²) in [6.07, 6.45) is 0. The first kappa shape index (κ1) is 23.7. The second-order valence-corrected chi connectivity index (χ2v) is 10.3. The fourth-order valence-corrected chi connectivity index (χ4v) is 5.78. The number of thioether (sulfide) groups is 1. The lowest BCUT2D eigenvalue weighted by molar-refractivity contribution is 0.415. The Morgan fingerprint density at radius 2 is 1.38 bits per heavy atom. The van der Waals surface area contributed by atoms with E-state index < -0.39 is 10.0 Å². The van der Waals surface area contributed by atoms with Crippen LogP contribution in [-0.2, 0) is 10.0 Å². The Morgan fingerprint density at radius 3 is 1.97 bits per heavy atom. The Kier molecular flexibility index (Phi) is 7.40. The van der Waals surface area contributed by atoms with E-state index in [4.69, 9.17) is 4.74 Å². The Balaban J connectivity index is 1.91. The zero-order valence-corrected chi connectivity index (χ0v) is 20.6. The molecule has 4 aromatic carbocycles. The molecule has 0 aliphatic rings. The number of ether oxygens (including phenoxy) is 1. The van der Waals surface area contributed by atoms with Gasteiger partial charge in [-0.25, -0.2) is 12.7 Å². The molecule has 172 valence electrons. The summed E-state index contributed by atoms with van der Waals surface area (Å²) in [5.41, 5.74) is 2.86. The van der Waals surface area contributed by atoms with Gasteiger partial charge in [0, 0.05) is 10.3 Å². The van der Waals surface area contributed by atoms with Crippen LogP contribution in [-0.4, -0.2) is 15.5 Å². The maximum Gasteiger partial charge on any atom is 0.268 e. The first-order valence-corrected chi connectivity index (χ1v) is 13.0. The van der Waals surface area contributed by atoms with E-state index in [0.29, 0.717) is 17.1 Å². The minimum atomic E-state index is -3.93. The molecule has 0 N–H and O–H groups in total. The zero-order chi connectivity index (χ0) is 24.0. The Labute approximate surface area is 205 Å². The van der Waals surface area contributed by atoms with E-state index in [-0.39, 0.29) is 4.90 Å². The molecule has 0 bridgehead atoms. The predicted octanol–water partition coefficient (Wildman–Crippen LogP) is 6.99. The van der Waals surface area contributed by atoms with E-state index in [1.807, 2.05) is 85.1 Å². The third-order valence-corrected chi connectivity index (χ3v) is 7.85. The lowest BCUT2D eigenvalue weighted by atomic mass is 10.1. The van der Waals surface area contributed by atoms with Gasteiger partial charge in [-0.3, -0.25) is 0 Å². The van der Waals surface area contributed by atoms with Crippen LogP contribution in [0.15, 0.2) is 124 Å². The Hall–Kier alpha value is -3.48. The number of rotatable bonds is 8. The monoisotopic (exact) mass is 487 g/mol. The average Bonchev–Trinajstić information content (AvgIpc) is 2.88. The van der Waals surface area contributed by atoms with Crippen molar-refractivity contribution < 1.29 is 13.2 Å². The van der Waals surface area contributed by atoms with Gasteiger partial charge < -0.3 is 4.74 Å². The van der Waals surface area contributed by atoms with Gasteiger partial charge in [-0.05, 0) is 61.0 Å². The number of hydrogen-bond donors (Lipinski definition) is 0. The van der Waals surface area contributed by atoms with E-state index in [2.05, 4.69) is 0 Å². The molecule has 4 nitrogen and oxygen atoms in total. The van der Waals surface area contributed by atoms with Crippen LogP contribution < -0.4 is 9.04 Å². The maximum absolute atomic E-state index is 14.1. The number of nitrogens with zero attached hydrogens (tertiary/aromatic N) is 1. The summed E-state index contributed by atoms with van der Waals surface area (Å²) in [6, 6.07) is 33.4. The van der Waals surface area contributed by atoms with Crippen LogP contribution in [0.2, 0.25) is 0 Å². The first-order valence-electron chi connectivity index (χ1n) is 10.7. The molecule has 4 rings (SSSR count). The standard InChI is InChI=1S/C28H25NO3S2/c1-22-13-19-27(20-14-22)34(30,31)29(24-15-17-25(32-2)18-16-24)28(23-9-5-3-6-10-23)21-33-26-11-7-4-8-12-26/h3-21H,1-2H3/b28-21-. The largest absolute Gasteiger partial charge is 0.497 e. The third kappa shape index (κ3) is 5.35. The summed E-state index contributed by atoms with van der Waals surface area (Å²) < 4.78 is 34.8. The van der Waals surface area contributed by atoms with Crippen molar-refractivity contribution in [2.75, 3.05) is 11.4 Å².